The van der Waals surface area contributed by atoms with E-state index in [9.17, 15) is 18.0 Å². The smallest absolute Gasteiger partial charge is 0.338 e. The summed E-state index contributed by atoms with van der Waals surface area (Å²) in [7, 11) is -2.44. The zero-order valence-corrected chi connectivity index (χ0v) is 20.8. The largest absolute Gasteiger partial charge is 0.497 e. The van der Waals surface area contributed by atoms with Gasteiger partial charge < -0.3 is 14.8 Å². The van der Waals surface area contributed by atoms with E-state index < -0.39 is 28.5 Å². The van der Waals surface area contributed by atoms with Crippen LogP contribution in [-0.4, -0.2) is 34.0 Å². The third-order valence-corrected chi connectivity index (χ3v) is 6.84. The van der Waals surface area contributed by atoms with Crippen molar-refractivity contribution in [2.75, 3.05) is 18.4 Å². The lowest BCUT2D eigenvalue weighted by atomic mass is 10.0. The number of rotatable bonds is 9. The van der Waals surface area contributed by atoms with Crippen LogP contribution in [0.25, 0.3) is 0 Å². The lowest BCUT2D eigenvalue weighted by molar-refractivity contribution is -0.124. The standard InChI is InChI=1S/C26H28N2O6S/c1-17-8-9-20(14-18(17)2)19(3)27-25(29)16-34-26(30)21-6-5-7-24(15-21)35(31,32)28-22-10-12-23(33-4)13-11-22/h5-15,19,28H,16H2,1-4H3,(H,27,29). The summed E-state index contributed by atoms with van der Waals surface area (Å²) in [5.41, 5.74) is 3.57. The molecule has 1 unspecified atom stereocenters. The lowest BCUT2D eigenvalue weighted by Crippen LogP contribution is -2.31. The van der Waals surface area contributed by atoms with Gasteiger partial charge in [-0.25, -0.2) is 13.2 Å². The number of amides is 1. The van der Waals surface area contributed by atoms with Gasteiger partial charge in [0.05, 0.1) is 23.6 Å². The van der Waals surface area contributed by atoms with E-state index >= 15 is 0 Å². The zero-order valence-electron chi connectivity index (χ0n) is 20.0. The van der Waals surface area contributed by atoms with Gasteiger partial charge in [0.1, 0.15) is 5.75 Å². The lowest BCUT2D eigenvalue weighted by Gasteiger charge is -2.16. The van der Waals surface area contributed by atoms with E-state index in [-0.39, 0.29) is 16.5 Å². The predicted octanol–water partition coefficient (Wildman–Crippen LogP) is 4.15. The first-order chi connectivity index (χ1) is 16.6. The van der Waals surface area contributed by atoms with Crippen LogP contribution in [0.4, 0.5) is 5.69 Å². The number of hydrogen-bond donors (Lipinski definition) is 2. The van der Waals surface area contributed by atoms with Crippen molar-refractivity contribution in [2.45, 2.75) is 31.7 Å². The molecule has 8 nitrogen and oxygen atoms in total. The first-order valence-corrected chi connectivity index (χ1v) is 12.4. The number of ether oxygens (including phenoxy) is 2. The first kappa shape index (κ1) is 25.8. The fourth-order valence-corrected chi connectivity index (χ4v) is 4.38. The summed E-state index contributed by atoms with van der Waals surface area (Å²) in [5, 5.41) is 2.79. The molecule has 184 valence electrons. The summed E-state index contributed by atoms with van der Waals surface area (Å²) >= 11 is 0. The van der Waals surface area contributed by atoms with E-state index in [0.29, 0.717) is 11.4 Å². The van der Waals surface area contributed by atoms with Crippen LogP contribution in [0.15, 0.2) is 71.6 Å². The second kappa shape index (κ2) is 11.1. The molecule has 0 spiro atoms. The Bertz CT molecular complexity index is 1320. The number of sulfonamides is 1. The van der Waals surface area contributed by atoms with Gasteiger partial charge in [-0.05, 0) is 79.9 Å². The number of anilines is 1. The molecule has 1 atom stereocenters. The molecule has 3 aromatic carbocycles. The van der Waals surface area contributed by atoms with Gasteiger partial charge in [0.2, 0.25) is 0 Å². The SMILES string of the molecule is COc1ccc(NS(=O)(=O)c2cccc(C(=O)OCC(=O)NC(C)c3ccc(C)c(C)c3)c2)cc1. The molecule has 0 aliphatic heterocycles. The highest BCUT2D eigenvalue weighted by Crippen LogP contribution is 2.20. The molecule has 0 fully saturated rings. The average molecular weight is 497 g/mol. The van der Waals surface area contributed by atoms with Crippen LogP contribution < -0.4 is 14.8 Å². The number of aryl methyl sites for hydroxylation is 2. The molecule has 0 aliphatic carbocycles. The maximum absolute atomic E-state index is 12.7. The van der Waals surface area contributed by atoms with E-state index in [1.807, 2.05) is 39.0 Å². The third kappa shape index (κ3) is 6.83. The number of hydrogen-bond acceptors (Lipinski definition) is 6. The van der Waals surface area contributed by atoms with E-state index in [1.54, 1.807) is 24.3 Å². The minimum absolute atomic E-state index is 0.0117. The van der Waals surface area contributed by atoms with Crippen LogP contribution in [0.2, 0.25) is 0 Å². The topological polar surface area (TPSA) is 111 Å². The minimum atomic E-state index is -3.95. The van der Waals surface area contributed by atoms with Crippen molar-refractivity contribution in [3.63, 3.8) is 0 Å². The number of carbonyl (C=O) groups is 2. The highest BCUT2D eigenvalue weighted by atomic mass is 32.2. The first-order valence-electron chi connectivity index (χ1n) is 10.9. The zero-order chi connectivity index (χ0) is 25.6. The quantitative estimate of drug-likeness (QED) is 0.431. The molecule has 3 aromatic rings. The Morgan fingerprint density at radius 2 is 1.66 bits per heavy atom. The average Bonchev–Trinajstić information content (AvgIpc) is 2.84. The van der Waals surface area contributed by atoms with Crippen molar-refractivity contribution in [2.24, 2.45) is 0 Å². The van der Waals surface area contributed by atoms with E-state index in [1.165, 1.54) is 31.4 Å². The number of nitrogens with one attached hydrogen (secondary N) is 2. The Balaban J connectivity index is 1.60. The van der Waals surface area contributed by atoms with Crippen LogP contribution in [-0.2, 0) is 19.6 Å². The normalized spacial score (nSPS) is 11.9. The predicted molar refractivity (Wildman–Crippen MR) is 133 cm³/mol. The molecule has 0 heterocycles. The van der Waals surface area contributed by atoms with E-state index in [2.05, 4.69) is 10.0 Å². The monoisotopic (exact) mass is 496 g/mol. The summed E-state index contributed by atoms with van der Waals surface area (Å²) < 4.78 is 38.1. The van der Waals surface area contributed by atoms with E-state index in [4.69, 9.17) is 9.47 Å². The van der Waals surface area contributed by atoms with Crippen molar-refractivity contribution >= 4 is 27.6 Å². The second-order valence-corrected chi connectivity index (χ2v) is 9.75. The molecule has 0 saturated carbocycles. The molecule has 2 N–H and O–H groups in total. The highest BCUT2D eigenvalue weighted by molar-refractivity contribution is 7.92. The van der Waals surface area contributed by atoms with Crippen molar-refractivity contribution in [3.05, 3.63) is 89.0 Å². The molecule has 9 heteroatoms. The molecular formula is C26H28N2O6S. The van der Waals surface area contributed by atoms with Crippen molar-refractivity contribution < 1.29 is 27.5 Å². The Morgan fingerprint density at radius 3 is 2.31 bits per heavy atom. The van der Waals surface area contributed by atoms with Crippen LogP contribution in [0.3, 0.4) is 0 Å². The molecule has 0 radical (unpaired) electrons. The molecule has 0 aromatic heterocycles. The molecule has 0 saturated heterocycles. The highest BCUT2D eigenvalue weighted by Gasteiger charge is 2.18. The Labute approximate surface area is 205 Å². The van der Waals surface area contributed by atoms with E-state index in [0.717, 1.165) is 16.7 Å². The fraction of sp³-hybridized carbons (Fsp3) is 0.231. The van der Waals surface area contributed by atoms with Crippen molar-refractivity contribution in [3.8, 4) is 5.75 Å². The van der Waals surface area contributed by atoms with Crippen molar-refractivity contribution in [1.29, 1.82) is 0 Å². The minimum Gasteiger partial charge on any atom is -0.497 e. The molecule has 0 bridgehead atoms. The fourth-order valence-electron chi connectivity index (χ4n) is 3.28. The summed E-state index contributed by atoms with van der Waals surface area (Å²) in [6, 6.07) is 17.4. The van der Waals surface area contributed by atoms with Crippen LogP contribution in [0.1, 0.15) is 40.0 Å². The maximum atomic E-state index is 12.7. The molecular weight excluding hydrogens is 468 g/mol. The van der Waals surface area contributed by atoms with Crippen LogP contribution >= 0.6 is 0 Å². The van der Waals surface area contributed by atoms with Crippen molar-refractivity contribution in [1.82, 2.24) is 5.32 Å². The Hall–Kier alpha value is -3.85. The summed E-state index contributed by atoms with van der Waals surface area (Å²) in [6.45, 7) is 5.36. The van der Waals surface area contributed by atoms with Gasteiger partial charge >= 0.3 is 5.97 Å². The van der Waals surface area contributed by atoms with Gasteiger partial charge in [0.15, 0.2) is 6.61 Å². The summed E-state index contributed by atoms with van der Waals surface area (Å²) in [5.74, 6) is -0.681. The molecule has 1 amide bonds. The molecule has 0 aliphatic rings. The molecule has 3 rings (SSSR count). The van der Waals surface area contributed by atoms with Crippen LogP contribution in [0.5, 0.6) is 5.75 Å². The summed E-state index contributed by atoms with van der Waals surface area (Å²) in [4.78, 5) is 24.6. The van der Waals surface area contributed by atoms with Crippen LogP contribution in [0, 0.1) is 13.8 Å². The number of benzene rings is 3. The maximum Gasteiger partial charge on any atom is 0.338 e. The van der Waals surface area contributed by atoms with Gasteiger partial charge in [-0.1, -0.05) is 24.3 Å². The third-order valence-electron chi connectivity index (χ3n) is 5.47. The van der Waals surface area contributed by atoms with Gasteiger partial charge in [-0.15, -0.1) is 0 Å². The van der Waals surface area contributed by atoms with Gasteiger partial charge in [0, 0.05) is 5.69 Å². The number of esters is 1. The Kier molecular flexibility index (Phi) is 8.14. The van der Waals surface area contributed by atoms with Gasteiger partial charge in [-0.3, -0.25) is 9.52 Å². The second-order valence-electron chi connectivity index (χ2n) is 8.07. The number of carbonyl (C=O) groups excluding carboxylic acids is 2. The number of methoxy groups -OCH3 is 1. The molecule has 35 heavy (non-hydrogen) atoms. The van der Waals surface area contributed by atoms with Gasteiger partial charge in [-0.2, -0.15) is 0 Å². The summed E-state index contributed by atoms with van der Waals surface area (Å²) in [6.07, 6.45) is 0. The van der Waals surface area contributed by atoms with Gasteiger partial charge in [0.25, 0.3) is 15.9 Å². The Morgan fingerprint density at radius 1 is 0.943 bits per heavy atom.